The van der Waals surface area contributed by atoms with Crippen LogP contribution < -0.4 is 0 Å². The molecule has 0 radical (unpaired) electrons. The molecule has 2 heteroatoms. The Labute approximate surface area is 113 Å². The Balaban J connectivity index is 2.51. The molecule has 1 aliphatic heterocycles. The smallest absolute Gasteiger partial charge is 0.0991 e. The summed E-state index contributed by atoms with van der Waals surface area (Å²) in [6, 6.07) is 10.9. The Morgan fingerprint density at radius 2 is 2.17 bits per heavy atom. The van der Waals surface area contributed by atoms with Crippen molar-refractivity contribution in [1.29, 1.82) is 5.26 Å². The van der Waals surface area contributed by atoms with Crippen molar-refractivity contribution in [1.82, 2.24) is 0 Å². The lowest BCUT2D eigenvalue weighted by Gasteiger charge is -2.15. The molecule has 0 spiro atoms. The van der Waals surface area contributed by atoms with Crippen molar-refractivity contribution in [3.8, 4) is 6.07 Å². The lowest BCUT2D eigenvalue weighted by Crippen LogP contribution is -2.00. The van der Waals surface area contributed by atoms with Crippen molar-refractivity contribution < 1.29 is 0 Å². The van der Waals surface area contributed by atoms with E-state index in [2.05, 4.69) is 44.2 Å². The third-order valence-electron chi connectivity index (χ3n) is 3.62. The second-order valence-corrected chi connectivity index (χ2v) is 5.54. The normalized spacial score (nSPS) is 20.1. The van der Waals surface area contributed by atoms with Gasteiger partial charge in [0.25, 0.3) is 0 Å². The number of thioether (sulfide) groups is 1. The molecule has 1 atom stereocenters. The zero-order chi connectivity index (χ0) is 13.1. The topological polar surface area (TPSA) is 23.8 Å². The molecule has 0 saturated heterocycles. The van der Waals surface area contributed by atoms with E-state index in [0.717, 1.165) is 11.3 Å². The first kappa shape index (κ1) is 13.0. The van der Waals surface area contributed by atoms with Gasteiger partial charge in [0.2, 0.25) is 0 Å². The van der Waals surface area contributed by atoms with Crippen LogP contribution in [-0.4, -0.2) is 5.75 Å². The Kier molecular flexibility index (Phi) is 3.93. The fourth-order valence-corrected chi connectivity index (χ4v) is 3.59. The molecule has 2 rings (SSSR count). The van der Waals surface area contributed by atoms with Crippen molar-refractivity contribution in [3.05, 3.63) is 52.6 Å². The van der Waals surface area contributed by atoms with Crippen molar-refractivity contribution in [2.24, 2.45) is 0 Å². The molecule has 18 heavy (non-hydrogen) atoms. The first-order chi connectivity index (χ1) is 8.69. The standard InChI is InChI=1S/C16H17NS/c1-4-13(9-17)15-10-18-16-8-6-5-7-14(16)11(2)12(15)3/h4-8,11H,10H2,1-3H3/b13-4-. The van der Waals surface area contributed by atoms with Crippen LogP contribution in [0.15, 0.2) is 52.0 Å². The van der Waals surface area contributed by atoms with Crippen molar-refractivity contribution in [2.75, 3.05) is 5.75 Å². The molecule has 92 valence electrons. The minimum Gasteiger partial charge on any atom is -0.192 e. The molecule has 1 heterocycles. The van der Waals surface area contributed by atoms with Gasteiger partial charge in [-0.1, -0.05) is 36.8 Å². The van der Waals surface area contributed by atoms with E-state index < -0.39 is 0 Å². The summed E-state index contributed by atoms with van der Waals surface area (Å²) in [5.41, 5.74) is 4.72. The summed E-state index contributed by atoms with van der Waals surface area (Å²) >= 11 is 1.83. The van der Waals surface area contributed by atoms with Gasteiger partial charge in [0, 0.05) is 16.6 Å². The monoisotopic (exact) mass is 255 g/mol. The predicted octanol–water partition coefficient (Wildman–Crippen LogP) is 4.68. The SMILES string of the molecule is C/C=C(/C#N)C1=C(C)C(C)c2ccccc2SC1. The highest BCUT2D eigenvalue weighted by Gasteiger charge is 2.21. The van der Waals surface area contributed by atoms with Gasteiger partial charge in [-0.25, -0.2) is 0 Å². The maximum atomic E-state index is 9.23. The fourth-order valence-electron chi connectivity index (χ4n) is 2.32. The number of allylic oxidation sites excluding steroid dienone is 3. The van der Waals surface area contributed by atoms with Crippen LogP contribution in [0, 0.1) is 11.3 Å². The Hall–Kier alpha value is -1.46. The van der Waals surface area contributed by atoms with E-state index in [1.54, 1.807) is 0 Å². The first-order valence-corrected chi connectivity index (χ1v) is 7.15. The lowest BCUT2D eigenvalue weighted by atomic mass is 9.89. The summed E-state index contributed by atoms with van der Waals surface area (Å²) < 4.78 is 0. The third kappa shape index (κ3) is 2.23. The summed E-state index contributed by atoms with van der Waals surface area (Å²) in [7, 11) is 0. The van der Waals surface area contributed by atoms with Gasteiger partial charge in [-0.15, -0.1) is 11.8 Å². The van der Waals surface area contributed by atoms with Crippen LogP contribution in [0.25, 0.3) is 0 Å². The van der Waals surface area contributed by atoms with Gasteiger partial charge in [0.15, 0.2) is 0 Å². The maximum Gasteiger partial charge on any atom is 0.0991 e. The van der Waals surface area contributed by atoms with Crippen molar-refractivity contribution in [3.63, 3.8) is 0 Å². The minimum absolute atomic E-state index is 0.384. The Morgan fingerprint density at radius 1 is 1.44 bits per heavy atom. The molecule has 1 aromatic rings. The first-order valence-electron chi connectivity index (χ1n) is 6.17. The number of benzene rings is 1. The zero-order valence-corrected chi connectivity index (χ0v) is 11.8. The second kappa shape index (κ2) is 5.46. The van der Waals surface area contributed by atoms with E-state index in [-0.39, 0.29) is 0 Å². The van der Waals surface area contributed by atoms with E-state index in [0.29, 0.717) is 5.92 Å². The van der Waals surface area contributed by atoms with Crippen LogP contribution in [0.3, 0.4) is 0 Å². The number of fused-ring (bicyclic) bond motifs is 1. The van der Waals surface area contributed by atoms with Crippen LogP contribution in [0.4, 0.5) is 0 Å². The number of hydrogen-bond donors (Lipinski definition) is 0. The molecule has 0 bridgehead atoms. The van der Waals surface area contributed by atoms with E-state index in [1.807, 2.05) is 24.8 Å². The van der Waals surface area contributed by atoms with Crippen LogP contribution in [-0.2, 0) is 0 Å². The van der Waals surface area contributed by atoms with E-state index >= 15 is 0 Å². The van der Waals surface area contributed by atoms with Gasteiger partial charge in [-0.3, -0.25) is 0 Å². The zero-order valence-electron chi connectivity index (χ0n) is 11.0. The summed E-state index contributed by atoms with van der Waals surface area (Å²) in [4.78, 5) is 1.34. The highest BCUT2D eigenvalue weighted by Crippen LogP contribution is 2.40. The van der Waals surface area contributed by atoms with Crippen LogP contribution in [0.1, 0.15) is 32.3 Å². The van der Waals surface area contributed by atoms with Gasteiger partial charge in [0.05, 0.1) is 11.6 Å². The number of hydrogen-bond acceptors (Lipinski definition) is 2. The Morgan fingerprint density at radius 3 is 2.83 bits per heavy atom. The number of rotatable bonds is 1. The third-order valence-corrected chi connectivity index (χ3v) is 4.73. The average molecular weight is 255 g/mol. The van der Waals surface area contributed by atoms with Crippen molar-refractivity contribution in [2.45, 2.75) is 31.6 Å². The largest absolute Gasteiger partial charge is 0.192 e. The van der Waals surface area contributed by atoms with Crippen molar-refractivity contribution >= 4 is 11.8 Å². The molecule has 0 aliphatic carbocycles. The highest BCUT2D eigenvalue weighted by molar-refractivity contribution is 7.99. The summed E-state index contributed by atoms with van der Waals surface area (Å²) in [5, 5.41) is 9.23. The molecule has 1 aliphatic rings. The fraction of sp³-hybridized carbons (Fsp3) is 0.312. The van der Waals surface area contributed by atoms with Crippen LogP contribution >= 0.6 is 11.8 Å². The molecule has 0 aromatic heterocycles. The van der Waals surface area contributed by atoms with E-state index in [1.165, 1.54) is 21.6 Å². The molecular weight excluding hydrogens is 238 g/mol. The summed E-state index contributed by atoms with van der Waals surface area (Å²) in [5.74, 6) is 1.27. The molecule has 1 aromatic carbocycles. The minimum atomic E-state index is 0.384. The quantitative estimate of drug-likeness (QED) is 0.680. The highest BCUT2D eigenvalue weighted by atomic mass is 32.2. The molecule has 0 saturated carbocycles. The molecular formula is C16H17NS. The number of nitrogens with zero attached hydrogens (tertiary/aromatic N) is 1. The maximum absolute atomic E-state index is 9.23. The second-order valence-electron chi connectivity index (χ2n) is 4.52. The van der Waals surface area contributed by atoms with Gasteiger partial charge in [0.1, 0.15) is 0 Å². The molecule has 0 amide bonds. The average Bonchev–Trinajstić information content (AvgIpc) is 2.53. The van der Waals surface area contributed by atoms with E-state index in [4.69, 9.17) is 0 Å². The van der Waals surface area contributed by atoms with Gasteiger partial charge in [-0.05, 0) is 31.1 Å². The summed E-state index contributed by atoms with van der Waals surface area (Å²) in [6.45, 7) is 6.32. The van der Waals surface area contributed by atoms with Gasteiger partial charge >= 0.3 is 0 Å². The molecule has 0 N–H and O–H groups in total. The van der Waals surface area contributed by atoms with Crippen LogP contribution in [0.2, 0.25) is 0 Å². The molecule has 1 nitrogen and oxygen atoms in total. The molecule has 1 unspecified atom stereocenters. The van der Waals surface area contributed by atoms with Gasteiger partial charge in [-0.2, -0.15) is 5.26 Å². The predicted molar refractivity (Wildman–Crippen MR) is 77.7 cm³/mol. The molecule has 0 fully saturated rings. The number of nitriles is 1. The van der Waals surface area contributed by atoms with Gasteiger partial charge < -0.3 is 0 Å². The Bertz CT molecular complexity index is 561. The summed E-state index contributed by atoms with van der Waals surface area (Å²) in [6.07, 6.45) is 1.92. The van der Waals surface area contributed by atoms with E-state index in [9.17, 15) is 5.26 Å². The van der Waals surface area contributed by atoms with Crippen LogP contribution in [0.5, 0.6) is 0 Å². The lowest BCUT2D eigenvalue weighted by molar-refractivity contribution is 0.862.